The van der Waals surface area contributed by atoms with Gasteiger partial charge < -0.3 is 4.98 Å². The van der Waals surface area contributed by atoms with Gasteiger partial charge >= 0.3 is 5.69 Å². The highest BCUT2D eigenvalue weighted by atomic mass is 16.2. The molecule has 9 heavy (non-hydrogen) atoms. The van der Waals surface area contributed by atoms with Crippen LogP contribution in [0.3, 0.4) is 0 Å². The molecule has 48 valence electrons. The molecule has 4 nitrogen and oxygen atoms in total. The first-order valence-electron chi connectivity index (χ1n) is 4.52. The number of hydrogen-bond acceptors (Lipinski definition) is 2. The van der Waals surface area contributed by atoms with Crippen molar-refractivity contribution in [3.05, 3.63) is 32.6 Å². The summed E-state index contributed by atoms with van der Waals surface area (Å²) >= 11 is 0. The van der Waals surface area contributed by atoms with Gasteiger partial charge in [-0.15, -0.1) is 0 Å². The SMILES string of the molecule is [3H]n1cc(C([3H])([3H])[3H])c(=O)n([3H])c1=O. The van der Waals surface area contributed by atoms with E-state index in [1.807, 2.05) is 0 Å². The maximum atomic E-state index is 11.1. The predicted octanol–water partition coefficient (Wildman–Crippen LogP) is -0.628. The normalized spacial score (nSPS) is 18.9. The van der Waals surface area contributed by atoms with Gasteiger partial charge in [0.2, 0.25) is 0 Å². The summed E-state index contributed by atoms with van der Waals surface area (Å²) in [5.74, 6) is 0. The second kappa shape index (κ2) is 1.89. The van der Waals surface area contributed by atoms with Gasteiger partial charge in [0.15, 0.2) is 2.82 Å². The van der Waals surface area contributed by atoms with Crippen LogP contribution in [-0.4, -0.2) is 9.95 Å². The Kier molecular flexibility index (Phi) is 0.447. The zero-order chi connectivity index (χ0) is 11.1. The molecule has 1 aromatic heterocycles. The zero-order valence-corrected chi connectivity index (χ0v) is 4.29. The van der Waals surface area contributed by atoms with Gasteiger partial charge in [-0.1, -0.05) is 0 Å². The second-order valence-electron chi connectivity index (χ2n) is 1.37. The topological polar surface area (TPSA) is 65.7 Å². The van der Waals surface area contributed by atoms with Crippen LogP contribution in [0.15, 0.2) is 15.8 Å². The first kappa shape index (κ1) is 2.13. The van der Waals surface area contributed by atoms with Crippen molar-refractivity contribution in [3.63, 3.8) is 0 Å². The third kappa shape index (κ3) is 1.07. The molecule has 0 amide bonds. The molecular weight excluding hydrogens is 120 g/mol. The van der Waals surface area contributed by atoms with Gasteiger partial charge in [0.1, 0.15) is 0 Å². The van der Waals surface area contributed by atoms with Gasteiger partial charge in [-0.05, 0) is 6.85 Å². The Morgan fingerprint density at radius 1 is 1.78 bits per heavy atom. The molecule has 0 unspecified atom stereocenters. The van der Waals surface area contributed by atoms with Gasteiger partial charge in [0.25, 0.3) is 5.56 Å². The third-order valence-electron chi connectivity index (χ3n) is 0.732. The summed E-state index contributed by atoms with van der Waals surface area (Å²) in [5.41, 5.74) is -3.15. The van der Waals surface area contributed by atoms with Crippen LogP contribution in [0.25, 0.3) is 0 Å². The zero-order valence-electron chi connectivity index (χ0n) is 9.29. The highest BCUT2D eigenvalue weighted by Gasteiger charge is 1.88. The Morgan fingerprint density at radius 3 is 3.22 bits per heavy atom. The minimum Gasteiger partial charge on any atom is -0.314 e. The number of aryl methyl sites for hydroxylation is 1. The smallest absolute Gasteiger partial charge is 0.314 e. The fourth-order valence-corrected chi connectivity index (χ4v) is 0.351. The number of H-pyrrole nitrogens is 2. The fraction of sp³-hybridized carbons (Fsp3) is 0.200. The summed E-state index contributed by atoms with van der Waals surface area (Å²) in [6, 6.07) is 0. The molecule has 0 atom stereocenters. The van der Waals surface area contributed by atoms with Crippen LogP contribution in [0.5, 0.6) is 0 Å². The molecule has 0 aliphatic heterocycles. The number of rotatable bonds is 0. The molecule has 0 fully saturated rings. The van der Waals surface area contributed by atoms with Gasteiger partial charge in [-0.3, -0.25) is 9.77 Å². The van der Waals surface area contributed by atoms with Crippen LogP contribution >= 0.6 is 0 Å². The van der Waals surface area contributed by atoms with E-state index in [2.05, 4.69) is 0 Å². The number of aromatic nitrogens is 2. The van der Waals surface area contributed by atoms with Crippen LogP contribution < -0.4 is 11.2 Å². The first-order valence-corrected chi connectivity index (χ1v) is 2.13. The van der Waals surface area contributed by atoms with Crippen molar-refractivity contribution in [2.24, 2.45) is 0 Å². The van der Waals surface area contributed by atoms with E-state index in [4.69, 9.17) is 6.94 Å². The van der Waals surface area contributed by atoms with Crippen molar-refractivity contribution >= 4 is 0 Å². The molecule has 1 heterocycles. The van der Waals surface area contributed by atoms with Crippen LogP contribution in [-0.2, 0) is 0 Å². The fourth-order valence-electron chi connectivity index (χ4n) is 0.351. The van der Waals surface area contributed by atoms with Gasteiger partial charge in [-0.2, -0.15) is 0 Å². The van der Waals surface area contributed by atoms with Crippen LogP contribution in [0, 0.1) is 6.85 Å². The highest BCUT2D eigenvalue weighted by molar-refractivity contribution is 4.98. The maximum Gasteiger partial charge on any atom is 0.325 e. The Bertz CT molecular complexity index is 470. The lowest BCUT2D eigenvalue weighted by Crippen LogP contribution is -2.22. The van der Waals surface area contributed by atoms with Crippen molar-refractivity contribution in [2.45, 2.75) is 6.85 Å². The van der Waals surface area contributed by atoms with E-state index in [0.717, 1.165) is 0 Å². The van der Waals surface area contributed by atoms with Gasteiger partial charge in [-0.25, -0.2) is 4.79 Å². The van der Waals surface area contributed by atoms with Gasteiger partial charge in [0, 0.05) is 15.9 Å². The Labute approximate surface area is 57.7 Å². The van der Waals surface area contributed by atoms with E-state index < -0.39 is 23.7 Å². The monoisotopic (exact) mass is 136 g/mol. The minimum absolute atomic E-state index is 0.135. The largest absolute Gasteiger partial charge is 0.325 e. The van der Waals surface area contributed by atoms with E-state index in [0.29, 0.717) is 6.20 Å². The lowest BCUT2D eigenvalue weighted by Gasteiger charge is -1.84. The number of nitrogens with one attached hydrogen (secondary N) is 2. The average Bonchev–Trinajstić information content (AvgIpc) is 2.06. The molecule has 0 aromatic carbocycles. The molecule has 1 aromatic rings. The third-order valence-corrected chi connectivity index (χ3v) is 0.732. The van der Waals surface area contributed by atoms with Crippen molar-refractivity contribution in [1.29, 1.82) is 0 Å². The molecule has 0 bridgehead atoms. The summed E-state index contributed by atoms with van der Waals surface area (Å²) in [6.07, 6.45) is 0.600. The standard InChI is InChI=1S/C5H6N2O2/c1-3-2-6-5(9)7-4(3)8/h2H,1H3,(H2,6,7,8,9)/i1T3/hT2. The van der Waals surface area contributed by atoms with E-state index in [1.165, 1.54) is 0 Å². The molecule has 0 saturated heterocycles. The molecule has 1 rings (SSSR count). The number of aromatic amines is 2. The molecule has 4 heteroatoms. The van der Waals surface area contributed by atoms with Crippen molar-refractivity contribution in [2.75, 3.05) is 0 Å². The Balaban J connectivity index is 3.67. The maximum absolute atomic E-state index is 11.1. The summed E-state index contributed by atoms with van der Waals surface area (Å²) in [5, 5.41) is 0. The van der Waals surface area contributed by atoms with E-state index in [1.54, 1.807) is 0 Å². The van der Waals surface area contributed by atoms with E-state index >= 15 is 0 Å². The summed E-state index contributed by atoms with van der Waals surface area (Å²) < 4.78 is 34.6. The summed E-state index contributed by atoms with van der Waals surface area (Å²) in [7, 11) is 0. The second-order valence-corrected chi connectivity index (χ2v) is 1.37. The molecule has 0 saturated carbocycles. The predicted molar refractivity (Wildman–Crippen MR) is 32.4 cm³/mol. The van der Waals surface area contributed by atoms with Crippen molar-refractivity contribution in [3.8, 4) is 0 Å². The minimum atomic E-state index is -2.73. The van der Waals surface area contributed by atoms with Crippen LogP contribution in [0.2, 0.25) is 2.82 Å². The Morgan fingerprint density at radius 2 is 2.56 bits per heavy atom. The van der Waals surface area contributed by atoms with Crippen molar-refractivity contribution < 1.29 is 6.94 Å². The lowest BCUT2D eigenvalue weighted by atomic mass is 10.4. The Hall–Kier alpha value is -1.32. The average molecular weight is 136 g/mol. The van der Waals surface area contributed by atoms with Gasteiger partial charge in [0.05, 0.1) is 0 Å². The van der Waals surface area contributed by atoms with Crippen LogP contribution in [0.1, 0.15) is 9.68 Å². The summed E-state index contributed by atoms with van der Waals surface area (Å²) in [6.45, 7) is -2.73. The molecular formula is C5H6N2O2. The molecule has 0 aliphatic rings. The number of hydrogen-bond donors (Lipinski definition) is 2. The lowest BCUT2D eigenvalue weighted by molar-refractivity contribution is 1.01. The molecule has 2 N–H and O–H groups in total. The van der Waals surface area contributed by atoms with Crippen molar-refractivity contribution in [1.82, 2.24) is 9.95 Å². The van der Waals surface area contributed by atoms with E-state index in [-0.39, 0.29) is 9.95 Å². The van der Waals surface area contributed by atoms with E-state index in [9.17, 15) is 9.59 Å². The summed E-state index contributed by atoms with van der Waals surface area (Å²) in [4.78, 5) is 21.9. The molecule has 0 aliphatic carbocycles. The first-order chi connectivity index (χ1) is 6.25. The van der Waals surface area contributed by atoms with Crippen LogP contribution in [0.4, 0.5) is 0 Å². The quantitative estimate of drug-likeness (QED) is 0.498. The molecule has 0 radical (unpaired) electrons. The highest BCUT2D eigenvalue weighted by Crippen LogP contribution is 1.73. The molecule has 0 spiro atoms.